The molecule has 0 radical (unpaired) electrons. The number of aryl methyl sites for hydroxylation is 1. The maximum atomic E-state index is 10.1. The van der Waals surface area contributed by atoms with E-state index in [9.17, 15) is 5.11 Å². The van der Waals surface area contributed by atoms with Crippen molar-refractivity contribution in [3.8, 4) is 0 Å². The molecular weight excluding hydrogens is 254 g/mol. The molecule has 0 aliphatic heterocycles. The number of nitrogens with zero attached hydrogens (tertiary/aromatic N) is 1. The highest BCUT2D eigenvalue weighted by atomic mass is 32.1. The minimum atomic E-state index is -0.253. The van der Waals surface area contributed by atoms with Gasteiger partial charge in [0.2, 0.25) is 0 Å². The van der Waals surface area contributed by atoms with Gasteiger partial charge in [-0.1, -0.05) is 0 Å². The van der Waals surface area contributed by atoms with Crippen molar-refractivity contribution in [2.75, 3.05) is 0 Å². The lowest BCUT2D eigenvalue weighted by molar-refractivity contribution is 0.155. The molecule has 2 heterocycles. The maximum Gasteiger partial charge on any atom is 0.0807 e. The Balaban J connectivity index is 1.92. The van der Waals surface area contributed by atoms with Crippen molar-refractivity contribution in [1.82, 2.24) is 4.57 Å². The number of aromatic nitrogens is 1. The first-order valence-corrected chi connectivity index (χ1v) is 8.01. The normalized spacial score (nSPS) is 20.3. The zero-order valence-corrected chi connectivity index (χ0v) is 12.4. The number of fused-ring (bicyclic) bond motifs is 1. The van der Waals surface area contributed by atoms with Crippen LogP contribution in [-0.2, 0) is 12.8 Å². The third-order valence-electron chi connectivity index (χ3n) is 4.17. The summed E-state index contributed by atoms with van der Waals surface area (Å²) >= 11 is 1.76. The average Bonchev–Trinajstić information content (AvgIpc) is 2.96. The van der Waals surface area contributed by atoms with Crippen LogP contribution in [0.5, 0.6) is 0 Å². The predicted molar refractivity (Wildman–Crippen MR) is 79.8 cm³/mol. The molecule has 2 unspecified atom stereocenters. The smallest absolute Gasteiger partial charge is 0.0807 e. The molecule has 2 aromatic rings. The summed E-state index contributed by atoms with van der Waals surface area (Å²) < 4.78 is 2.44. The van der Waals surface area contributed by atoms with Crippen LogP contribution >= 0.6 is 11.3 Å². The number of aliphatic hydroxyl groups is 1. The summed E-state index contributed by atoms with van der Waals surface area (Å²) in [7, 11) is 0. The fourth-order valence-corrected chi connectivity index (χ4v) is 4.04. The molecule has 19 heavy (non-hydrogen) atoms. The van der Waals surface area contributed by atoms with E-state index in [-0.39, 0.29) is 6.10 Å². The van der Waals surface area contributed by atoms with E-state index in [0.29, 0.717) is 6.04 Å². The highest BCUT2D eigenvalue weighted by molar-refractivity contribution is 7.07. The Kier molecular flexibility index (Phi) is 3.50. The monoisotopic (exact) mass is 275 g/mol. The predicted octanol–water partition coefficient (Wildman–Crippen LogP) is 4.03. The second-order valence-electron chi connectivity index (χ2n) is 5.65. The summed E-state index contributed by atoms with van der Waals surface area (Å²) in [4.78, 5) is 0. The Morgan fingerprint density at radius 1 is 1.53 bits per heavy atom. The Morgan fingerprint density at radius 3 is 3.11 bits per heavy atom. The molecule has 2 aromatic heterocycles. The minimum absolute atomic E-state index is 0.253. The van der Waals surface area contributed by atoms with E-state index < -0.39 is 0 Å². The van der Waals surface area contributed by atoms with Gasteiger partial charge in [-0.3, -0.25) is 0 Å². The Bertz CT molecular complexity index is 556. The molecule has 3 heteroatoms. The largest absolute Gasteiger partial charge is 0.388 e. The number of aliphatic hydroxyl groups excluding tert-OH is 1. The lowest BCUT2D eigenvalue weighted by atomic mass is 9.95. The molecule has 0 spiro atoms. The standard InChI is InChI=1S/C16H21NOS/c1-11(8-13-6-7-19-10-13)17-12(2)9-14-15(17)4-3-5-16(14)18/h6-7,9-11,16,18H,3-5,8H2,1-2H3. The zero-order chi connectivity index (χ0) is 13.4. The summed E-state index contributed by atoms with van der Waals surface area (Å²) in [5.41, 5.74) is 5.23. The van der Waals surface area contributed by atoms with Crippen LogP contribution in [-0.4, -0.2) is 9.67 Å². The van der Waals surface area contributed by atoms with Gasteiger partial charge in [0, 0.05) is 23.0 Å². The lowest BCUT2D eigenvalue weighted by Crippen LogP contribution is -2.16. The van der Waals surface area contributed by atoms with Crippen molar-refractivity contribution in [2.45, 2.75) is 51.7 Å². The summed E-state index contributed by atoms with van der Waals surface area (Å²) in [5, 5.41) is 14.5. The summed E-state index contributed by atoms with van der Waals surface area (Å²) in [6.07, 6.45) is 3.94. The van der Waals surface area contributed by atoms with Crippen LogP contribution in [0.15, 0.2) is 22.9 Å². The second-order valence-corrected chi connectivity index (χ2v) is 6.43. The van der Waals surface area contributed by atoms with Crippen LogP contribution in [0.1, 0.15) is 54.4 Å². The second kappa shape index (κ2) is 5.14. The van der Waals surface area contributed by atoms with Crippen LogP contribution in [0.4, 0.5) is 0 Å². The van der Waals surface area contributed by atoms with Crippen molar-refractivity contribution in [2.24, 2.45) is 0 Å². The summed E-state index contributed by atoms with van der Waals surface area (Å²) in [6, 6.07) is 4.86. The summed E-state index contributed by atoms with van der Waals surface area (Å²) in [5.74, 6) is 0. The van der Waals surface area contributed by atoms with Crippen LogP contribution in [0.25, 0.3) is 0 Å². The minimum Gasteiger partial charge on any atom is -0.388 e. The Hall–Kier alpha value is -1.06. The van der Waals surface area contributed by atoms with Gasteiger partial charge < -0.3 is 9.67 Å². The van der Waals surface area contributed by atoms with Gasteiger partial charge in [0.1, 0.15) is 0 Å². The molecule has 0 saturated heterocycles. The fourth-order valence-electron chi connectivity index (χ4n) is 3.36. The molecule has 3 rings (SSSR count). The number of hydrogen-bond acceptors (Lipinski definition) is 2. The van der Waals surface area contributed by atoms with Crippen molar-refractivity contribution in [1.29, 1.82) is 0 Å². The fraction of sp³-hybridized carbons (Fsp3) is 0.500. The van der Waals surface area contributed by atoms with Gasteiger partial charge in [-0.05, 0) is 68.0 Å². The topological polar surface area (TPSA) is 25.2 Å². The summed E-state index contributed by atoms with van der Waals surface area (Å²) in [6.45, 7) is 4.45. The van der Waals surface area contributed by atoms with Gasteiger partial charge in [-0.2, -0.15) is 11.3 Å². The van der Waals surface area contributed by atoms with Gasteiger partial charge in [-0.25, -0.2) is 0 Å². The lowest BCUT2D eigenvalue weighted by Gasteiger charge is -2.24. The van der Waals surface area contributed by atoms with Crippen LogP contribution in [0, 0.1) is 6.92 Å². The van der Waals surface area contributed by atoms with Crippen LogP contribution in [0.2, 0.25) is 0 Å². The molecule has 0 bridgehead atoms. The number of thiophene rings is 1. The molecule has 2 nitrogen and oxygen atoms in total. The SMILES string of the molecule is Cc1cc2c(n1C(C)Cc1ccsc1)CCCC2O. The van der Waals surface area contributed by atoms with Crippen molar-refractivity contribution in [3.63, 3.8) is 0 Å². The highest BCUT2D eigenvalue weighted by Crippen LogP contribution is 2.34. The Morgan fingerprint density at radius 2 is 2.37 bits per heavy atom. The first-order chi connectivity index (χ1) is 9.16. The zero-order valence-electron chi connectivity index (χ0n) is 11.6. The van der Waals surface area contributed by atoms with Gasteiger partial charge in [-0.15, -0.1) is 0 Å². The maximum absolute atomic E-state index is 10.1. The van der Waals surface area contributed by atoms with Gasteiger partial charge in [0.25, 0.3) is 0 Å². The van der Waals surface area contributed by atoms with E-state index in [1.165, 1.54) is 22.5 Å². The molecule has 2 atom stereocenters. The van der Waals surface area contributed by atoms with E-state index >= 15 is 0 Å². The third-order valence-corrected chi connectivity index (χ3v) is 4.90. The van der Waals surface area contributed by atoms with Crippen LogP contribution in [0.3, 0.4) is 0 Å². The highest BCUT2D eigenvalue weighted by Gasteiger charge is 2.24. The quantitative estimate of drug-likeness (QED) is 0.899. The van der Waals surface area contributed by atoms with E-state index in [1.54, 1.807) is 11.3 Å². The molecule has 0 amide bonds. The van der Waals surface area contributed by atoms with Gasteiger partial charge in [0.05, 0.1) is 6.10 Å². The molecule has 0 aromatic carbocycles. The van der Waals surface area contributed by atoms with Crippen LogP contribution < -0.4 is 0 Å². The van der Waals surface area contributed by atoms with E-state index in [2.05, 4.69) is 41.3 Å². The molecule has 1 aliphatic rings. The van der Waals surface area contributed by atoms with Gasteiger partial charge >= 0.3 is 0 Å². The number of hydrogen-bond donors (Lipinski definition) is 1. The number of rotatable bonds is 3. The molecule has 0 saturated carbocycles. The molecule has 0 fully saturated rings. The third kappa shape index (κ3) is 2.37. The van der Waals surface area contributed by atoms with Crippen molar-refractivity contribution in [3.05, 3.63) is 45.4 Å². The average molecular weight is 275 g/mol. The van der Waals surface area contributed by atoms with Gasteiger partial charge in [0.15, 0.2) is 0 Å². The van der Waals surface area contributed by atoms with E-state index in [4.69, 9.17) is 0 Å². The van der Waals surface area contributed by atoms with E-state index in [1.807, 2.05) is 0 Å². The first kappa shape index (κ1) is 12.9. The molecule has 102 valence electrons. The molecule has 1 aliphatic carbocycles. The first-order valence-electron chi connectivity index (χ1n) is 7.06. The van der Waals surface area contributed by atoms with E-state index in [0.717, 1.165) is 25.7 Å². The molecular formula is C16H21NOS. The van der Waals surface area contributed by atoms with Crippen molar-refractivity contribution >= 4 is 11.3 Å². The molecule has 1 N–H and O–H groups in total. The van der Waals surface area contributed by atoms with Crippen molar-refractivity contribution < 1.29 is 5.11 Å². The Labute approximate surface area is 118 Å².